The van der Waals surface area contributed by atoms with Crippen LogP contribution in [0.2, 0.25) is 0 Å². The molecule has 0 saturated carbocycles. The monoisotopic (exact) mass is 409 g/mol. The van der Waals surface area contributed by atoms with Crippen LogP contribution in [0.15, 0.2) is 29.2 Å². The minimum atomic E-state index is -3.72. The first-order valence-corrected chi connectivity index (χ1v) is 10.8. The van der Waals surface area contributed by atoms with Gasteiger partial charge >= 0.3 is 0 Å². The zero-order valence-corrected chi connectivity index (χ0v) is 17.0. The van der Waals surface area contributed by atoms with Crippen molar-refractivity contribution < 1.29 is 22.8 Å². The molecule has 0 unspecified atom stereocenters. The minimum absolute atomic E-state index is 0.0742. The van der Waals surface area contributed by atoms with Gasteiger partial charge in [-0.1, -0.05) is 19.1 Å². The number of hydrogen-bond acceptors (Lipinski definition) is 5. The quantitative estimate of drug-likeness (QED) is 0.620. The number of amides is 2. The summed E-state index contributed by atoms with van der Waals surface area (Å²) >= 11 is 0. The second-order valence-corrected chi connectivity index (χ2v) is 8.77. The van der Waals surface area contributed by atoms with Crippen molar-refractivity contribution in [3.05, 3.63) is 29.8 Å². The molecule has 1 aromatic rings. The largest absolute Gasteiger partial charge is 0.355 e. The van der Waals surface area contributed by atoms with Crippen LogP contribution in [0.25, 0.3) is 0 Å². The number of piperidine rings is 1. The Morgan fingerprint density at radius 2 is 1.82 bits per heavy atom. The van der Waals surface area contributed by atoms with Crippen LogP contribution in [0, 0.1) is 5.92 Å². The topological polar surface area (TPSA) is 113 Å². The summed E-state index contributed by atoms with van der Waals surface area (Å²) < 4.78 is 27.0. The zero-order valence-electron chi connectivity index (χ0n) is 16.2. The number of carbonyl (C=O) groups is 3. The lowest BCUT2D eigenvalue weighted by Crippen LogP contribution is -2.45. The van der Waals surface area contributed by atoms with Gasteiger partial charge in [-0.2, -0.15) is 4.31 Å². The summed E-state index contributed by atoms with van der Waals surface area (Å²) in [7, 11) is -3.72. The lowest BCUT2D eigenvalue weighted by molar-refractivity contribution is -0.129. The molecule has 0 aromatic heterocycles. The Morgan fingerprint density at radius 3 is 2.43 bits per heavy atom. The van der Waals surface area contributed by atoms with Gasteiger partial charge in [0.05, 0.1) is 11.4 Å². The van der Waals surface area contributed by atoms with E-state index in [0.29, 0.717) is 24.9 Å². The molecule has 0 aliphatic carbocycles. The van der Waals surface area contributed by atoms with Gasteiger partial charge in [-0.3, -0.25) is 14.4 Å². The highest BCUT2D eigenvalue weighted by atomic mass is 32.2. The molecule has 0 radical (unpaired) electrons. The van der Waals surface area contributed by atoms with Gasteiger partial charge in [0.25, 0.3) is 0 Å². The number of Topliss-reactive ketones (excluding diaryl/α,β-unsaturated/α-hetero) is 1. The van der Waals surface area contributed by atoms with Crippen LogP contribution >= 0.6 is 0 Å². The van der Waals surface area contributed by atoms with Crippen molar-refractivity contribution in [1.29, 1.82) is 0 Å². The minimum Gasteiger partial charge on any atom is -0.355 e. The fraction of sp³-hybridized carbons (Fsp3) is 0.526. The Bertz CT molecular complexity index is 830. The average molecular weight is 410 g/mol. The van der Waals surface area contributed by atoms with Crippen LogP contribution in [-0.4, -0.2) is 56.5 Å². The molecular formula is C19H27N3O5S. The molecule has 0 atom stereocenters. The Hall–Kier alpha value is -2.26. The molecule has 8 nitrogen and oxygen atoms in total. The van der Waals surface area contributed by atoms with Gasteiger partial charge in [0.15, 0.2) is 5.78 Å². The van der Waals surface area contributed by atoms with E-state index < -0.39 is 10.0 Å². The van der Waals surface area contributed by atoms with Crippen LogP contribution in [0.1, 0.15) is 43.5 Å². The second-order valence-electron chi connectivity index (χ2n) is 6.83. The number of nitrogens with one attached hydrogen (secondary N) is 2. The third-order valence-corrected chi connectivity index (χ3v) is 6.59. The summed E-state index contributed by atoms with van der Waals surface area (Å²) in [6.45, 7) is 4.25. The summed E-state index contributed by atoms with van der Waals surface area (Å²) in [5, 5.41) is 5.29. The van der Waals surface area contributed by atoms with Gasteiger partial charge in [0.1, 0.15) is 0 Å². The highest BCUT2D eigenvalue weighted by Crippen LogP contribution is 2.24. The summed E-state index contributed by atoms with van der Waals surface area (Å²) in [4.78, 5) is 35.4. The molecule has 1 aliphatic rings. The number of benzene rings is 1. The molecule has 2 amide bonds. The maximum absolute atomic E-state index is 12.8. The normalized spacial score (nSPS) is 15.8. The summed E-state index contributed by atoms with van der Waals surface area (Å²) in [6.07, 6.45) is 1.59. The highest BCUT2D eigenvalue weighted by Gasteiger charge is 2.32. The molecule has 28 heavy (non-hydrogen) atoms. The van der Waals surface area contributed by atoms with E-state index in [1.165, 1.54) is 23.4 Å². The fourth-order valence-electron chi connectivity index (χ4n) is 3.02. The molecular weight excluding hydrogens is 382 g/mol. The van der Waals surface area contributed by atoms with Crippen molar-refractivity contribution in [2.24, 2.45) is 5.92 Å². The maximum atomic E-state index is 12.8. The molecule has 1 aliphatic heterocycles. The summed E-state index contributed by atoms with van der Waals surface area (Å²) in [6, 6.07) is 5.98. The van der Waals surface area contributed by atoms with Gasteiger partial charge in [-0.25, -0.2) is 8.42 Å². The summed E-state index contributed by atoms with van der Waals surface area (Å²) in [5.74, 6) is -0.993. The lowest BCUT2D eigenvalue weighted by Gasteiger charge is -2.30. The lowest BCUT2D eigenvalue weighted by atomic mass is 9.97. The molecule has 1 fully saturated rings. The first-order chi connectivity index (χ1) is 13.3. The Morgan fingerprint density at radius 1 is 1.14 bits per heavy atom. The van der Waals surface area contributed by atoms with E-state index in [0.717, 1.165) is 6.42 Å². The molecule has 2 N–H and O–H groups in total. The molecule has 1 saturated heterocycles. The van der Waals surface area contributed by atoms with Crippen molar-refractivity contribution in [2.45, 2.75) is 38.0 Å². The van der Waals surface area contributed by atoms with Gasteiger partial charge in [0, 0.05) is 31.1 Å². The molecule has 9 heteroatoms. The van der Waals surface area contributed by atoms with E-state index >= 15 is 0 Å². The summed E-state index contributed by atoms with van der Waals surface area (Å²) in [5.41, 5.74) is 0.344. The van der Waals surface area contributed by atoms with E-state index in [4.69, 9.17) is 0 Å². The van der Waals surface area contributed by atoms with Crippen molar-refractivity contribution >= 4 is 27.6 Å². The van der Waals surface area contributed by atoms with E-state index in [9.17, 15) is 22.8 Å². The fourth-order valence-corrected chi connectivity index (χ4v) is 4.54. The SMILES string of the molecule is CCCNC(=O)CNC(=O)C1CCN(S(=O)(=O)c2cccc(C(C)=O)c2)CC1. The maximum Gasteiger partial charge on any atom is 0.243 e. The van der Waals surface area contributed by atoms with Gasteiger partial charge in [-0.05, 0) is 38.3 Å². The number of nitrogens with zero attached hydrogens (tertiary/aromatic N) is 1. The predicted octanol–water partition coefficient (Wildman–Crippen LogP) is 0.932. The predicted molar refractivity (Wildman–Crippen MR) is 104 cm³/mol. The molecule has 1 aromatic carbocycles. The smallest absolute Gasteiger partial charge is 0.243 e. The van der Waals surface area contributed by atoms with E-state index in [1.54, 1.807) is 12.1 Å². The van der Waals surface area contributed by atoms with Gasteiger partial charge in [0.2, 0.25) is 21.8 Å². The molecule has 0 bridgehead atoms. The Labute approximate surface area is 165 Å². The zero-order chi connectivity index (χ0) is 20.7. The highest BCUT2D eigenvalue weighted by molar-refractivity contribution is 7.89. The number of sulfonamides is 1. The Balaban J connectivity index is 1.92. The van der Waals surface area contributed by atoms with Crippen molar-refractivity contribution in [2.75, 3.05) is 26.2 Å². The third kappa shape index (κ3) is 5.62. The molecule has 0 spiro atoms. The van der Waals surface area contributed by atoms with Crippen LogP contribution in [0.4, 0.5) is 0 Å². The molecule has 2 rings (SSSR count). The van der Waals surface area contributed by atoms with Crippen LogP contribution in [0.3, 0.4) is 0 Å². The van der Waals surface area contributed by atoms with Crippen molar-refractivity contribution in [1.82, 2.24) is 14.9 Å². The average Bonchev–Trinajstić information content (AvgIpc) is 2.70. The molecule has 1 heterocycles. The number of rotatable bonds is 8. The number of ketones is 1. The Kier molecular flexibility index (Phi) is 7.70. The standard InChI is InChI=1S/C19H27N3O5S/c1-3-9-20-18(24)13-21-19(25)15-7-10-22(11-8-15)28(26,27)17-6-4-5-16(12-17)14(2)23/h4-6,12,15H,3,7-11,13H2,1-2H3,(H,20,24)(H,21,25). The van der Waals surface area contributed by atoms with Crippen LogP contribution < -0.4 is 10.6 Å². The van der Waals surface area contributed by atoms with E-state index in [1.807, 2.05) is 6.92 Å². The first-order valence-electron chi connectivity index (χ1n) is 9.41. The van der Waals surface area contributed by atoms with Crippen molar-refractivity contribution in [3.8, 4) is 0 Å². The first kappa shape index (κ1) is 22.0. The van der Waals surface area contributed by atoms with Gasteiger partial charge in [-0.15, -0.1) is 0 Å². The molecule has 154 valence electrons. The van der Waals surface area contributed by atoms with E-state index in [2.05, 4.69) is 10.6 Å². The van der Waals surface area contributed by atoms with Crippen LogP contribution in [-0.2, 0) is 19.6 Å². The van der Waals surface area contributed by atoms with Crippen LogP contribution in [0.5, 0.6) is 0 Å². The van der Waals surface area contributed by atoms with E-state index in [-0.39, 0.29) is 48.0 Å². The number of hydrogen-bond donors (Lipinski definition) is 2. The number of carbonyl (C=O) groups excluding carboxylic acids is 3. The van der Waals surface area contributed by atoms with Gasteiger partial charge < -0.3 is 10.6 Å². The second kappa shape index (κ2) is 9.79. The third-order valence-electron chi connectivity index (χ3n) is 4.70. The van der Waals surface area contributed by atoms with Crippen molar-refractivity contribution in [3.63, 3.8) is 0 Å².